The van der Waals surface area contributed by atoms with Gasteiger partial charge in [-0.05, 0) is 35.7 Å². The molecule has 1 heterocycles. The van der Waals surface area contributed by atoms with Crippen LogP contribution in [0, 0.1) is 11.3 Å². The fourth-order valence-electron chi connectivity index (χ4n) is 3.31. The molecule has 2 N–H and O–H groups in total. The van der Waals surface area contributed by atoms with E-state index in [4.69, 9.17) is 16.3 Å². The maximum absolute atomic E-state index is 12.9. The lowest BCUT2D eigenvalue weighted by Gasteiger charge is -2.26. The molecule has 0 bridgehead atoms. The number of carbonyl (C=O) groups excluding carboxylic acids is 1. The molecular weight excluding hydrogens is 464 g/mol. The van der Waals surface area contributed by atoms with Crippen molar-refractivity contribution in [1.82, 2.24) is 4.31 Å². The summed E-state index contributed by atoms with van der Waals surface area (Å²) in [7, 11) is -3.73. The second kappa shape index (κ2) is 10.8. The Kier molecular flexibility index (Phi) is 8.10. The van der Waals surface area contributed by atoms with Gasteiger partial charge in [-0.1, -0.05) is 43.6 Å². The first kappa shape index (κ1) is 24.7. The number of rotatable bonds is 7. The Hall–Kier alpha value is -2.90. The van der Waals surface area contributed by atoms with Gasteiger partial charge in [0, 0.05) is 25.0 Å². The fourth-order valence-corrected chi connectivity index (χ4v) is 4.92. The number of nitrogens with zero attached hydrogens (tertiary/aromatic N) is 2. The second-order valence-electron chi connectivity index (χ2n) is 7.67. The van der Waals surface area contributed by atoms with Gasteiger partial charge in [-0.15, -0.1) is 0 Å². The Morgan fingerprint density at radius 3 is 2.55 bits per heavy atom. The quantitative estimate of drug-likeness (QED) is 0.451. The van der Waals surface area contributed by atoms with Crippen molar-refractivity contribution in [2.45, 2.75) is 24.7 Å². The topological polar surface area (TPSA) is 112 Å². The number of nitriles is 1. The number of hydrogen-bond donors (Lipinski definition) is 2. The number of carbonyl (C=O) groups is 1. The number of halogens is 1. The lowest BCUT2D eigenvalue weighted by Crippen LogP contribution is -2.40. The summed E-state index contributed by atoms with van der Waals surface area (Å²) in [5.74, 6) is -0.407. The fraction of sp³-hybridized carbons (Fsp3) is 0.304. The summed E-state index contributed by atoms with van der Waals surface area (Å²) in [6.45, 7) is 5.22. The summed E-state index contributed by atoms with van der Waals surface area (Å²) in [5, 5.41) is 15.3. The molecule has 3 rings (SSSR count). The van der Waals surface area contributed by atoms with E-state index < -0.39 is 15.9 Å². The Labute approximate surface area is 198 Å². The van der Waals surface area contributed by atoms with Crippen LogP contribution in [-0.4, -0.2) is 44.9 Å². The number of nitrogens with one attached hydrogen (secondary N) is 2. The summed E-state index contributed by atoms with van der Waals surface area (Å²) >= 11 is 6.22. The van der Waals surface area contributed by atoms with Crippen LogP contribution in [0.15, 0.2) is 59.1 Å². The van der Waals surface area contributed by atoms with Crippen molar-refractivity contribution in [3.8, 4) is 6.07 Å². The Bertz CT molecular complexity index is 1200. The number of para-hydroxylation sites is 1. The van der Waals surface area contributed by atoms with Gasteiger partial charge in [0.1, 0.15) is 11.6 Å². The molecular formula is C23H25ClN4O4S. The van der Waals surface area contributed by atoms with Gasteiger partial charge >= 0.3 is 0 Å². The zero-order chi connectivity index (χ0) is 24.0. The van der Waals surface area contributed by atoms with E-state index in [1.165, 1.54) is 28.7 Å². The van der Waals surface area contributed by atoms with E-state index in [0.29, 0.717) is 18.9 Å². The first-order valence-electron chi connectivity index (χ1n) is 10.4. The number of benzene rings is 2. The average molecular weight is 489 g/mol. The predicted molar refractivity (Wildman–Crippen MR) is 128 cm³/mol. The molecule has 2 aromatic carbocycles. The van der Waals surface area contributed by atoms with Crippen molar-refractivity contribution in [2.24, 2.45) is 0 Å². The molecule has 8 nitrogen and oxygen atoms in total. The summed E-state index contributed by atoms with van der Waals surface area (Å²) in [4.78, 5) is 12.7. The van der Waals surface area contributed by atoms with E-state index in [0.717, 1.165) is 5.56 Å². The van der Waals surface area contributed by atoms with Gasteiger partial charge in [0.25, 0.3) is 5.91 Å². The molecule has 0 spiro atoms. The van der Waals surface area contributed by atoms with Gasteiger partial charge in [-0.3, -0.25) is 4.79 Å². The van der Waals surface area contributed by atoms with Crippen LogP contribution in [0.25, 0.3) is 0 Å². The van der Waals surface area contributed by atoms with E-state index in [1.54, 1.807) is 12.1 Å². The Morgan fingerprint density at radius 2 is 1.88 bits per heavy atom. The zero-order valence-corrected chi connectivity index (χ0v) is 19.9. The van der Waals surface area contributed by atoms with Gasteiger partial charge in [0.15, 0.2) is 0 Å². The van der Waals surface area contributed by atoms with Crippen molar-refractivity contribution in [1.29, 1.82) is 5.26 Å². The smallest absolute Gasteiger partial charge is 0.267 e. The highest BCUT2D eigenvalue weighted by Crippen LogP contribution is 2.28. The van der Waals surface area contributed by atoms with Gasteiger partial charge in [0.05, 0.1) is 28.8 Å². The molecule has 10 heteroatoms. The summed E-state index contributed by atoms with van der Waals surface area (Å²) < 4.78 is 32.4. The lowest BCUT2D eigenvalue weighted by atomic mass is 10.0. The molecule has 2 aromatic rings. The van der Waals surface area contributed by atoms with Gasteiger partial charge in [-0.25, -0.2) is 8.42 Å². The number of morpholine rings is 1. The molecule has 1 amide bonds. The first-order chi connectivity index (χ1) is 15.7. The van der Waals surface area contributed by atoms with E-state index >= 15 is 0 Å². The van der Waals surface area contributed by atoms with Crippen molar-refractivity contribution < 1.29 is 17.9 Å². The number of ether oxygens (including phenoxy) is 1. The molecule has 1 aliphatic heterocycles. The van der Waals surface area contributed by atoms with E-state index in [-0.39, 0.29) is 40.2 Å². The zero-order valence-electron chi connectivity index (χ0n) is 18.3. The molecule has 0 aliphatic carbocycles. The minimum absolute atomic E-state index is 0.0542. The van der Waals surface area contributed by atoms with Gasteiger partial charge < -0.3 is 15.4 Å². The molecule has 1 fully saturated rings. The first-order valence-corrected chi connectivity index (χ1v) is 12.2. The van der Waals surface area contributed by atoms with Crippen LogP contribution in [0.4, 0.5) is 11.4 Å². The van der Waals surface area contributed by atoms with Crippen LogP contribution in [0.3, 0.4) is 0 Å². The van der Waals surface area contributed by atoms with Crippen molar-refractivity contribution >= 4 is 38.9 Å². The molecule has 0 unspecified atom stereocenters. The van der Waals surface area contributed by atoms with Crippen LogP contribution in [0.2, 0.25) is 5.02 Å². The Balaban J connectivity index is 1.81. The highest BCUT2D eigenvalue weighted by molar-refractivity contribution is 7.89. The number of sulfonamides is 1. The third kappa shape index (κ3) is 5.92. The standard InChI is InChI=1S/C23H25ClN4O4S/c1-16(2)19-5-3-4-6-21(19)27-23(29)17(14-25)15-26-22-13-18(7-8-20(22)24)33(30,31)28-9-11-32-12-10-28/h3-8,13,15-16,26H,9-12H2,1-2H3,(H,27,29)/b17-15-. The average Bonchev–Trinajstić information content (AvgIpc) is 2.81. The number of hydrogen-bond acceptors (Lipinski definition) is 6. The molecule has 0 radical (unpaired) electrons. The highest BCUT2D eigenvalue weighted by atomic mass is 35.5. The van der Waals surface area contributed by atoms with Crippen LogP contribution >= 0.6 is 11.6 Å². The minimum Gasteiger partial charge on any atom is -0.379 e. The van der Waals surface area contributed by atoms with Crippen LogP contribution in [0.1, 0.15) is 25.3 Å². The maximum Gasteiger partial charge on any atom is 0.267 e. The monoisotopic (exact) mass is 488 g/mol. The van der Waals surface area contributed by atoms with Gasteiger partial charge in [0.2, 0.25) is 10.0 Å². The molecule has 0 atom stereocenters. The van der Waals surface area contributed by atoms with E-state index in [9.17, 15) is 18.5 Å². The van der Waals surface area contributed by atoms with Gasteiger partial charge in [-0.2, -0.15) is 9.57 Å². The Morgan fingerprint density at radius 1 is 1.18 bits per heavy atom. The third-order valence-electron chi connectivity index (χ3n) is 5.11. The molecule has 0 saturated carbocycles. The van der Waals surface area contributed by atoms with Crippen molar-refractivity contribution in [3.05, 3.63) is 64.8 Å². The molecule has 33 heavy (non-hydrogen) atoms. The molecule has 1 saturated heterocycles. The second-order valence-corrected chi connectivity index (χ2v) is 10.0. The van der Waals surface area contributed by atoms with Crippen molar-refractivity contribution in [2.75, 3.05) is 36.9 Å². The normalized spacial score (nSPS) is 15.2. The third-order valence-corrected chi connectivity index (χ3v) is 7.34. The van der Waals surface area contributed by atoms with Crippen LogP contribution < -0.4 is 10.6 Å². The number of anilines is 2. The van der Waals surface area contributed by atoms with Crippen LogP contribution in [-0.2, 0) is 19.6 Å². The molecule has 174 valence electrons. The van der Waals surface area contributed by atoms with E-state index in [2.05, 4.69) is 10.6 Å². The lowest BCUT2D eigenvalue weighted by molar-refractivity contribution is -0.112. The summed E-state index contributed by atoms with van der Waals surface area (Å²) in [6, 6.07) is 13.5. The van der Waals surface area contributed by atoms with Crippen molar-refractivity contribution in [3.63, 3.8) is 0 Å². The maximum atomic E-state index is 12.9. The minimum atomic E-state index is -3.73. The largest absolute Gasteiger partial charge is 0.379 e. The predicted octanol–water partition coefficient (Wildman–Crippen LogP) is 3.94. The number of amides is 1. The van der Waals surface area contributed by atoms with Crippen LogP contribution in [0.5, 0.6) is 0 Å². The molecule has 1 aliphatic rings. The summed E-state index contributed by atoms with van der Waals surface area (Å²) in [6.07, 6.45) is 1.21. The highest BCUT2D eigenvalue weighted by Gasteiger charge is 2.27. The summed E-state index contributed by atoms with van der Waals surface area (Å²) in [5.41, 5.74) is 1.63. The van der Waals surface area contributed by atoms with E-state index in [1.807, 2.05) is 32.0 Å². The SMILES string of the molecule is CC(C)c1ccccc1NC(=O)/C(C#N)=C\Nc1cc(S(=O)(=O)N2CCOCC2)ccc1Cl. The molecule has 0 aromatic heterocycles.